The number of hydrogen-bond acceptors (Lipinski definition) is 0. The maximum absolute atomic E-state index is 5.37. The van der Waals surface area contributed by atoms with Gasteiger partial charge in [-0.1, -0.05) is 134 Å². The van der Waals surface area contributed by atoms with Gasteiger partial charge in [-0.2, -0.15) is 12.1 Å². The summed E-state index contributed by atoms with van der Waals surface area (Å²) in [5, 5.41) is 5.41. The molecule has 0 heterocycles. The molecular weight excluding hydrogens is 691 g/mol. The molecule has 0 aromatic heterocycles. The molecule has 0 unspecified atom stereocenters. The first-order chi connectivity index (χ1) is 22.1. The molecule has 0 fully saturated rings. The summed E-state index contributed by atoms with van der Waals surface area (Å²) < 4.78 is 1.89. The van der Waals surface area contributed by atoms with E-state index in [9.17, 15) is 0 Å². The summed E-state index contributed by atoms with van der Waals surface area (Å²) in [6.45, 7) is 22.1. The van der Waals surface area contributed by atoms with Gasteiger partial charge in [0.05, 0.1) is 0 Å². The van der Waals surface area contributed by atoms with Crippen LogP contribution in [0.3, 0.4) is 0 Å². The average Bonchev–Trinajstić information content (AvgIpc) is 3.64. The maximum atomic E-state index is 5.37. The molecule has 0 nitrogen and oxygen atoms in total. The Morgan fingerprint density at radius 3 is 1.40 bits per heavy atom. The van der Waals surface area contributed by atoms with Gasteiger partial charge in [0.2, 0.25) is 0 Å². The van der Waals surface area contributed by atoms with E-state index in [1.54, 1.807) is 0 Å². The van der Waals surface area contributed by atoms with Crippen LogP contribution in [0.4, 0.5) is 0 Å². The van der Waals surface area contributed by atoms with E-state index in [2.05, 4.69) is 172 Å². The minimum absolute atomic E-state index is 0.204. The molecule has 6 rings (SSSR count). The Balaban J connectivity index is 0.000000187. The molecule has 0 N–H and O–H groups in total. The fourth-order valence-electron chi connectivity index (χ4n) is 5.78. The Morgan fingerprint density at radius 2 is 1.02 bits per heavy atom. The van der Waals surface area contributed by atoms with Gasteiger partial charge >= 0.3 is 46.5 Å². The number of halogens is 2. The zero-order chi connectivity index (χ0) is 34.5. The Hall–Kier alpha value is -2.57. The molecule has 0 saturated carbocycles. The van der Waals surface area contributed by atoms with Crippen molar-refractivity contribution in [3.63, 3.8) is 0 Å². The SMILES string of the molecule is CC(C)c1cc2c(-c3ccc(C(C)(C)C)cc3)cccc2[cH-]1.C[CH]=[Zr]([Cl])[Cl].Cc1cc2c(-c3ccc(C(C)(C)C)cc3)cccc2[cH-]1. The predicted octanol–water partition coefficient (Wildman–Crippen LogP) is 14.2. The third-order valence-corrected chi connectivity index (χ3v) is 12.3. The van der Waals surface area contributed by atoms with Crippen LogP contribution in [0.25, 0.3) is 43.8 Å². The van der Waals surface area contributed by atoms with Gasteiger partial charge in [0.15, 0.2) is 0 Å². The van der Waals surface area contributed by atoms with Gasteiger partial charge in [-0.15, -0.1) is 69.1 Å². The molecule has 6 aromatic rings. The van der Waals surface area contributed by atoms with E-state index in [4.69, 9.17) is 17.0 Å². The summed E-state index contributed by atoms with van der Waals surface area (Å²) in [6.07, 6.45) is 0. The van der Waals surface area contributed by atoms with Crippen molar-refractivity contribution in [2.24, 2.45) is 0 Å². The molecule has 0 amide bonds. The van der Waals surface area contributed by atoms with Gasteiger partial charge < -0.3 is 0 Å². The van der Waals surface area contributed by atoms with Crippen LogP contribution in [-0.4, -0.2) is 3.71 Å². The average molecular weight is 741 g/mol. The first kappa shape index (κ1) is 37.3. The third-order valence-electron chi connectivity index (χ3n) is 8.68. The second-order valence-electron chi connectivity index (χ2n) is 14.8. The monoisotopic (exact) mass is 738 g/mol. The van der Waals surface area contributed by atoms with Gasteiger partial charge in [0, 0.05) is 0 Å². The standard InChI is InChI=1S/C22H25.C20H21.C2H4.2ClH.Zr/c1-15(2)18-13-17-7-6-8-20(21(17)14-18)16-9-11-19(12-10-16)22(3,4)5;1-14-12-16-6-5-7-18(19(16)13-14)15-8-10-17(11-9-15)20(2,3)4;1-2;;;/h6-15H,1-5H3;5-13H,1-4H3;1H,2H3;2*1H;/q2*-1;;;;+2/p-2. The molecule has 0 saturated heterocycles. The molecule has 0 aliphatic rings. The zero-order valence-corrected chi connectivity index (χ0v) is 33.8. The van der Waals surface area contributed by atoms with Crippen LogP contribution in [0.2, 0.25) is 0 Å². The maximum Gasteiger partial charge on any atom is -0.0132 e. The van der Waals surface area contributed by atoms with Gasteiger partial charge in [-0.3, -0.25) is 0 Å². The van der Waals surface area contributed by atoms with Crippen LogP contribution in [0.1, 0.15) is 90.5 Å². The minimum Gasteiger partial charge on any atom is -0.165 e. The summed E-state index contributed by atoms with van der Waals surface area (Å²) in [6, 6.07) is 40.4. The Morgan fingerprint density at radius 1 is 0.617 bits per heavy atom. The molecule has 246 valence electrons. The normalized spacial score (nSPS) is 11.6. The van der Waals surface area contributed by atoms with Crippen LogP contribution in [-0.2, 0) is 29.7 Å². The third kappa shape index (κ3) is 9.75. The van der Waals surface area contributed by atoms with Crippen LogP contribution in [0.15, 0.2) is 109 Å². The molecule has 0 aliphatic carbocycles. The molecule has 47 heavy (non-hydrogen) atoms. The molecule has 0 radical (unpaired) electrons. The fraction of sp³-hybridized carbons (Fsp3) is 0.295. The smallest absolute Gasteiger partial charge is 0.0132 e. The van der Waals surface area contributed by atoms with E-state index >= 15 is 0 Å². The van der Waals surface area contributed by atoms with E-state index < -0.39 is 18.9 Å². The summed E-state index contributed by atoms with van der Waals surface area (Å²) in [5.74, 6) is 0.573. The number of hydrogen-bond donors (Lipinski definition) is 0. The second kappa shape index (κ2) is 15.8. The number of fused-ring (bicyclic) bond motifs is 2. The van der Waals surface area contributed by atoms with E-state index in [1.807, 2.05) is 10.6 Å². The van der Waals surface area contributed by atoms with E-state index in [-0.39, 0.29) is 10.8 Å². The molecule has 6 aromatic carbocycles. The first-order valence-corrected chi connectivity index (χ1v) is 24.4. The van der Waals surface area contributed by atoms with Crippen molar-refractivity contribution in [3.8, 4) is 22.3 Å². The summed E-state index contributed by atoms with van der Waals surface area (Å²) in [7, 11) is 10.7. The number of aryl methyl sites for hydroxylation is 1. The van der Waals surface area contributed by atoms with Gasteiger partial charge in [-0.25, -0.2) is 0 Å². The van der Waals surface area contributed by atoms with Crippen molar-refractivity contribution in [1.29, 1.82) is 0 Å². The minimum atomic E-state index is -1.76. The van der Waals surface area contributed by atoms with Gasteiger partial charge in [-0.05, 0) is 39.0 Å². The Kier molecular flexibility index (Phi) is 12.5. The quantitative estimate of drug-likeness (QED) is 0.159. The summed E-state index contributed by atoms with van der Waals surface area (Å²) >= 11 is -1.76. The van der Waals surface area contributed by atoms with Crippen molar-refractivity contribution in [3.05, 3.63) is 131 Å². The topological polar surface area (TPSA) is 0 Å². The molecule has 0 spiro atoms. The van der Waals surface area contributed by atoms with Gasteiger partial charge in [0.1, 0.15) is 0 Å². The first-order valence-electron chi connectivity index (χ1n) is 16.6. The molecule has 3 heteroatoms. The zero-order valence-electron chi connectivity index (χ0n) is 29.8. The molecule has 0 aliphatic heterocycles. The van der Waals surface area contributed by atoms with Crippen LogP contribution in [0.5, 0.6) is 0 Å². The summed E-state index contributed by atoms with van der Waals surface area (Å²) in [5.41, 5.74) is 11.2. The van der Waals surface area contributed by atoms with E-state index in [0.29, 0.717) is 5.92 Å². The van der Waals surface area contributed by atoms with Gasteiger partial charge in [0.25, 0.3) is 0 Å². The van der Waals surface area contributed by atoms with Crippen molar-refractivity contribution in [2.75, 3.05) is 0 Å². The van der Waals surface area contributed by atoms with Crippen LogP contribution >= 0.6 is 17.0 Å². The van der Waals surface area contributed by atoms with Crippen LogP contribution < -0.4 is 0 Å². The molecule has 0 bridgehead atoms. The predicted molar refractivity (Wildman–Crippen MR) is 210 cm³/mol. The largest absolute Gasteiger partial charge is 0.165 e. The van der Waals surface area contributed by atoms with Crippen molar-refractivity contribution in [2.45, 2.75) is 86.0 Å². The van der Waals surface area contributed by atoms with E-state index in [0.717, 1.165) is 0 Å². The molecule has 0 atom stereocenters. The van der Waals surface area contributed by atoms with Crippen molar-refractivity contribution < 1.29 is 18.9 Å². The summed E-state index contributed by atoms with van der Waals surface area (Å²) in [4.78, 5) is 0. The van der Waals surface area contributed by atoms with Crippen molar-refractivity contribution >= 4 is 42.3 Å². The Bertz CT molecular complexity index is 1930. The van der Waals surface area contributed by atoms with Crippen LogP contribution in [0, 0.1) is 6.92 Å². The van der Waals surface area contributed by atoms with E-state index in [1.165, 1.54) is 66.1 Å². The van der Waals surface area contributed by atoms with Crippen molar-refractivity contribution in [1.82, 2.24) is 0 Å². The Labute approximate surface area is 298 Å². The number of rotatable bonds is 3. The molecular formula is C44H50Cl2Zr-2. The second-order valence-corrected chi connectivity index (χ2v) is 23.6. The number of benzene rings is 4. The fourth-order valence-corrected chi connectivity index (χ4v) is 5.78.